The van der Waals surface area contributed by atoms with Crippen LogP contribution in [-0.4, -0.2) is 42.4 Å². The summed E-state index contributed by atoms with van der Waals surface area (Å²) < 4.78 is 1.34. The Morgan fingerprint density at radius 1 is 1.13 bits per heavy atom. The topological polar surface area (TPSA) is 20.2 Å². The van der Waals surface area contributed by atoms with Crippen LogP contribution in [0.25, 0.3) is 0 Å². The van der Waals surface area contributed by atoms with Crippen LogP contribution in [0.3, 0.4) is 0 Å². The molecule has 2 heteroatoms. The number of fused-ring (bicyclic) bond motifs is 1. The Morgan fingerprint density at radius 3 is 2.73 bits per heavy atom. The molecule has 2 rings (SSSR count). The van der Waals surface area contributed by atoms with Crippen molar-refractivity contribution >= 4 is 0 Å². The van der Waals surface area contributed by atoms with Gasteiger partial charge in [0.2, 0.25) is 0 Å². The molecule has 0 amide bonds. The lowest BCUT2D eigenvalue weighted by Gasteiger charge is -2.51. The number of rotatable bonds is 3. The molecule has 15 heavy (non-hydrogen) atoms. The second kappa shape index (κ2) is 4.84. The van der Waals surface area contributed by atoms with E-state index in [1.807, 2.05) is 0 Å². The Labute approximate surface area is 93.9 Å². The largest absolute Gasteiger partial charge is 0.396 e. The van der Waals surface area contributed by atoms with Crippen molar-refractivity contribution in [1.29, 1.82) is 0 Å². The van der Waals surface area contributed by atoms with Gasteiger partial charge in [-0.3, -0.25) is 0 Å². The van der Waals surface area contributed by atoms with E-state index in [0.717, 1.165) is 18.4 Å². The van der Waals surface area contributed by atoms with Crippen LogP contribution >= 0.6 is 0 Å². The molecule has 0 aliphatic carbocycles. The van der Waals surface area contributed by atoms with Crippen molar-refractivity contribution in [2.45, 2.75) is 51.0 Å². The SMILES string of the molecule is C[N+]12CCCC[C@@H]1[C@H](CCCO)CCC2. The minimum Gasteiger partial charge on any atom is -0.396 e. The van der Waals surface area contributed by atoms with Crippen LogP contribution in [0.1, 0.15) is 44.9 Å². The van der Waals surface area contributed by atoms with Crippen molar-refractivity contribution in [1.82, 2.24) is 0 Å². The fraction of sp³-hybridized carbons (Fsp3) is 1.00. The van der Waals surface area contributed by atoms with E-state index < -0.39 is 0 Å². The zero-order valence-corrected chi connectivity index (χ0v) is 10.1. The molecule has 2 heterocycles. The predicted octanol–water partition coefficient (Wildman–Crippen LogP) is 2.17. The molecule has 2 fully saturated rings. The lowest BCUT2D eigenvalue weighted by atomic mass is 9.79. The first-order chi connectivity index (χ1) is 7.26. The van der Waals surface area contributed by atoms with Gasteiger partial charge in [-0.2, -0.15) is 0 Å². The molecule has 0 saturated carbocycles. The maximum atomic E-state index is 8.95. The number of hydrogen-bond donors (Lipinski definition) is 1. The number of aliphatic hydroxyl groups excluding tert-OH is 1. The lowest BCUT2D eigenvalue weighted by Crippen LogP contribution is -2.60. The first kappa shape index (κ1) is 11.4. The van der Waals surface area contributed by atoms with Gasteiger partial charge in [-0.25, -0.2) is 0 Å². The van der Waals surface area contributed by atoms with E-state index >= 15 is 0 Å². The van der Waals surface area contributed by atoms with Gasteiger partial charge in [0, 0.05) is 12.5 Å². The lowest BCUT2D eigenvalue weighted by molar-refractivity contribution is -0.947. The first-order valence-corrected chi connectivity index (χ1v) is 6.71. The van der Waals surface area contributed by atoms with E-state index in [1.165, 1.54) is 56.1 Å². The molecule has 1 N–H and O–H groups in total. The van der Waals surface area contributed by atoms with Gasteiger partial charge in [0.25, 0.3) is 0 Å². The van der Waals surface area contributed by atoms with Crippen molar-refractivity contribution in [2.75, 3.05) is 26.7 Å². The fourth-order valence-electron chi connectivity index (χ4n) is 3.92. The summed E-state index contributed by atoms with van der Waals surface area (Å²) in [6.07, 6.45) is 9.40. The molecule has 0 radical (unpaired) electrons. The molecule has 0 aromatic carbocycles. The third-order valence-electron chi connectivity index (χ3n) is 4.74. The Balaban J connectivity index is 1.99. The van der Waals surface area contributed by atoms with Crippen LogP contribution in [-0.2, 0) is 0 Å². The van der Waals surface area contributed by atoms with Gasteiger partial charge in [0.05, 0.1) is 26.2 Å². The van der Waals surface area contributed by atoms with Gasteiger partial charge in [-0.15, -0.1) is 0 Å². The van der Waals surface area contributed by atoms with E-state index in [0.29, 0.717) is 6.61 Å². The highest BCUT2D eigenvalue weighted by molar-refractivity contribution is 4.78. The molecule has 0 aromatic rings. The highest BCUT2D eigenvalue weighted by Crippen LogP contribution is 2.37. The molecular formula is C13H26NO+. The average molecular weight is 212 g/mol. The van der Waals surface area contributed by atoms with Crippen molar-refractivity contribution in [3.63, 3.8) is 0 Å². The molecule has 0 spiro atoms. The molecule has 88 valence electrons. The summed E-state index contributed by atoms with van der Waals surface area (Å²) in [7, 11) is 2.47. The molecule has 2 saturated heterocycles. The molecule has 2 nitrogen and oxygen atoms in total. The maximum absolute atomic E-state index is 8.95. The summed E-state index contributed by atoms with van der Waals surface area (Å²) in [6, 6.07) is 0.916. The van der Waals surface area contributed by atoms with Crippen LogP contribution in [0.5, 0.6) is 0 Å². The van der Waals surface area contributed by atoms with Crippen LogP contribution < -0.4 is 0 Å². The number of piperidine rings is 2. The molecule has 3 atom stereocenters. The van der Waals surface area contributed by atoms with Gasteiger partial charge in [0.15, 0.2) is 0 Å². The molecular weight excluding hydrogens is 186 g/mol. The van der Waals surface area contributed by atoms with Crippen molar-refractivity contribution in [3.8, 4) is 0 Å². The van der Waals surface area contributed by atoms with Crippen LogP contribution in [0.4, 0.5) is 0 Å². The zero-order valence-electron chi connectivity index (χ0n) is 10.1. The highest BCUT2D eigenvalue weighted by Gasteiger charge is 2.42. The third-order valence-corrected chi connectivity index (χ3v) is 4.74. The van der Waals surface area contributed by atoms with Crippen LogP contribution in [0, 0.1) is 5.92 Å². The summed E-state index contributed by atoms with van der Waals surface area (Å²) in [4.78, 5) is 0. The van der Waals surface area contributed by atoms with Gasteiger partial charge < -0.3 is 9.59 Å². The minimum absolute atomic E-state index is 0.382. The van der Waals surface area contributed by atoms with Gasteiger partial charge >= 0.3 is 0 Å². The average Bonchev–Trinajstić information content (AvgIpc) is 2.25. The monoisotopic (exact) mass is 212 g/mol. The molecule has 0 bridgehead atoms. The van der Waals surface area contributed by atoms with Gasteiger partial charge in [-0.05, 0) is 44.9 Å². The third kappa shape index (κ3) is 2.36. The Hall–Kier alpha value is -0.0800. The summed E-state index contributed by atoms with van der Waals surface area (Å²) >= 11 is 0. The molecule has 2 aliphatic heterocycles. The van der Waals surface area contributed by atoms with Crippen molar-refractivity contribution in [2.24, 2.45) is 5.92 Å². The molecule has 2 aliphatic rings. The molecule has 0 aromatic heterocycles. The standard InChI is InChI=1S/C13H26NO/c1-14-9-3-2-8-13(14)12(6-4-10-14)7-5-11-15/h12-13,15H,2-11H2,1H3/q+1/t12-,13+,14?/m0/s1. The summed E-state index contributed by atoms with van der Waals surface area (Å²) in [5.74, 6) is 0.899. The smallest absolute Gasteiger partial charge is 0.0916 e. The van der Waals surface area contributed by atoms with E-state index in [2.05, 4.69) is 7.05 Å². The van der Waals surface area contributed by atoms with Crippen LogP contribution in [0.15, 0.2) is 0 Å². The number of hydrogen-bond acceptors (Lipinski definition) is 1. The number of quaternary nitrogens is 1. The van der Waals surface area contributed by atoms with E-state index in [9.17, 15) is 0 Å². The Morgan fingerprint density at radius 2 is 1.93 bits per heavy atom. The minimum atomic E-state index is 0.382. The van der Waals surface area contributed by atoms with E-state index in [4.69, 9.17) is 5.11 Å². The Bertz CT molecular complexity index is 203. The predicted molar refractivity (Wildman–Crippen MR) is 62.6 cm³/mol. The quantitative estimate of drug-likeness (QED) is 0.711. The van der Waals surface area contributed by atoms with E-state index in [1.54, 1.807) is 0 Å². The summed E-state index contributed by atoms with van der Waals surface area (Å²) in [6.45, 7) is 3.19. The number of nitrogens with zero attached hydrogens (tertiary/aromatic N) is 1. The second-order valence-electron chi connectivity index (χ2n) is 5.76. The summed E-state index contributed by atoms with van der Waals surface area (Å²) in [5, 5.41) is 8.95. The number of aliphatic hydroxyl groups is 1. The zero-order chi connectivity index (χ0) is 10.7. The highest BCUT2D eigenvalue weighted by atomic mass is 16.2. The van der Waals surface area contributed by atoms with Gasteiger partial charge in [0.1, 0.15) is 0 Å². The fourth-order valence-corrected chi connectivity index (χ4v) is 3.92. The van der Waals surface area contributed by atoms with Crippen LogP contribution in [0.2, 0.25) is 0 Å². The summed E-state index contributed by atoms with van der Waals surface area (Å²) in [5.41, 5.74) is 0. The second-order valence-corrected chi connectivity index (χ2v) is 5.76. The maximum Gasteiger partial charge on any atom is 0.0916 e. The first-order valence-electron chi connectivity index (χ1n) is 6.71. The van der Waals surface area contributed by atoms with E-state index in [-0.39, 0.29) is 0 Å². The molecule has 1 unspecified atom stereocenters. The Kier molecular flexibility index (Phi) is 3.68. The normalized spacial score (nSPS) is 41.2. The van der Waals surface area contributed by atoms with Crippen molar-refractivity contribution < 1.29 is 9.59 Å². The van der Waals surface area contributed by atoms with Crippen molar-refractivity contribution in [3.05, 3.63) is 0 Å². The van der Waals surface area contributed by atoms with Gasteiger partial charge in [-0.1, -0.05) is 0 Å².